The number of aliphatic hydroxyl groups is 2. The number of aryl methyl sites for hydroxylation is 1. The van der Waals surface area contributed by atoms with E-state index in [4.69, 9.17) is 14.3 Å². The number of ether oxygens (including phenoxy) is 1. The molecule has 1 unspecified atom stereocenters. The summed E-state index contributed by atoms with van der Waals surface area (Å²) in [6.07, 6.45) is 2.29. The fraction of sp³-hybridized carbons (Fsp3) is 0.368. The third-order valence-electron chi connectivity index (χ3n) is 4.02. The summed E-state index contributed by atoms with van der Waals surface area (Å²) in [5.74, 6) is 8.25. The van der Waals surface area contributed by atoms with Crippen molar-refractivity contribution in [1.29, 1.82) is 0 Å². The minimum Gasteiger partial charge on any atom is -0.497 e. The van der Waals surface area contributed by atoms with E-state index in [1.807, 2.05) is 24.3 Å². The van der Waals surface area contributed by atoms with Crippen LogP contribution in [0.25, 0.3) is 11.3 Å². The van der Waals surface area contributed by atoms with Crippen molar-refractivity contribution in [1.82, 2.24) is 0 Å². The van der Waals surface area contributed by atoms with E-state index in [-0.39, 0.29) is 6.61 Å². The maximum atomic E-state index is 10.4. The summed E-state index contributed by atoms with van der Waals surface area (Å²) >= 11 is 0. The first-order chi connectivity index (χ1) is 11.2. The molecule has 120 valence electrons. The molecule has 2 N–H and O–H groups in total. The van der Waals surface area contributed by atoms with Gasteiger partial charge in [-0.05, 0) is 25.0 Å². The Kier molecular flexibility index (Phi) is 4.71. The lowest BCUT2D eigenvalue weighted by atomic mass is 9.91. The van der Waals surface area contributed by atoms with E-state index in [2.05, 4.69) is 11.8 Å². The molecule has 1 aliphatic rings. The zero-order valence-corrected chi connectivity index (χ0v) is 13.1. The van der Waals surface area contributed by atoms with Crippen molar-refractivity contribution in [3.8, 4) is 28.9 Å². The van der Waals surface area contributed by atoms with Crippen LogP contribution >= 0.6 is 0 Å². The molecule has 1 aromatic carbocycles. The quantitative estimate of drug-likeness (QED) is 0.855. The summed E-state index contributed by atoms with van der Waals surface area (Å²) in [6.45, 7) is 0.0179. The second-order valence-electron chi connectivity index (χ2n) is 5.56. The van der Waals surface area contributed by atoms with Gasteiger partial charge in [-0.1, -0.05) is 24.0 Å². The highest BCUT2D eigenvalue weighted by molar-refractivity contribution is 5.70. The monoisotopic (exact) mass is 312 g/mol. The average molecular weight is 312 g/mol. The maximum absolute atomic E-state index is 10.4. The Morgan fingerprint density at radius 3 is 3.04 bits per heavy atom. The van der Waals surface area contributed by atoms with E-state index in [9.17, 15) is 5.11 Å². The number of aliphatic hydroxyl groups excluding tert-OH is 2. The smallest absolute Gasteiger partial charge is 0.150 e. The van der Waals surface area contributed by atoms with E-state index < -0.39 is 6.10 Å². The van der Waals surface area contributed by atoms with Gasteiger partial charge in [-0.15, -0.1) is 0 Å². The SMILES string of the molecule is COc1cccc(-c2oc3c(c2C#CCCO)C(O)CCC3)c1. The molecule has 0 bridgehead atoms. The van der Waals surface area contributed by atoms with Crippen LogP contribution in [0.2, 0.25) is 0 Å². The lowest BCUT2D eigenvalue weighted by Crippen LogP contribution is -2.07. The predicted octanol–water partition coefficient (Wildman–Crippen LogP) is 3.06. The van der Waals surface area contributed by atoms with E-state index in [0.29, 0.717) is 12.2 Å². The molecule has 0 fully saturated rings. The summed E-state index contributed by atoms with van der Waals surface area (Å²) in [5.41, 5.74) is 2.41. The minimum atomic E-state index is -0.541. The van der Waals surface area contributed by atoms with Crippen molar-refractivity contribution < 1.29 is 19.4 Å². The molecule has 0 amide bonds. The van der Waals surface area contributed by atoms with Gasteiger partial charge in [-0.25, -0.2) is 0 Å². The lowest BCUT2D eigenvalue weighted by molar-refractivity contribution is 0.152. The number of hydrogen-bond donors (Lipinski definition) is 2. The van der Waals surface area contributed by atoms with E-state index >= 15 is 0 Å². The molecule has 0 saturated heterocycles. The summed E-state index contributed by atoms with van der Waals surface area (Å²) in [7, 11) is 1.62. The van der Waals surface area contributed by atoms with Crippen molar-refractivity contribution in [3.05, 3.63) is 41.2 Å². The number of hydrogen-bond acceptors (Lipinski definition) is 4. The number of fused-ring (bicyclic) bond motifs is 1. The fourth-order valence-electron chi connectivity index (χ4n) is 2.93. The van der Waals surface area contributed by atoms with Crippen LogP contribution in [0.15, 0.2) is 28.7 Å². The van der Waals surface area contributed by atoms with E-state index in [0.717, 1.165) is 47.5 Å². The van der Waals surface area contributed by atoms with Gasteiger partial charge in [0.1, 0.15) is 17.3 Å². The first-order valence-electron chi connectivity index (χ1n) is 7.82. The molecule has 23 heavy (non-hydrogen) atoms. The fourth-order valence-corrected chi connectivity index (χ4v) is 2.93. The summed E-state index contributed by atoms with van der Waals surface area (Å²) in [5, 5.41) is 19.3. The van der Waals surface area contributed by atoms with Gasteiger partial charge in [0, 0.05) is 24.0 Å². The van der Waals surface area contributed by atoms with Crippen LogP contribution in [0.1, 0.15) is 42.3 Å². The zero-order chi connectivity index (χ0) is 16.2. The highest BCUT2D eigenvalue weighted by Crippen LogP contribution is 2.40. The Hall–Kier alpha value is -2.22. The second-order valence-corrected chi connectivity index (χ2v) is 5.56. The molecule has 1 aliphatic carbocycles. The molecule has 1 heterocycles. The van der Waals surface area contributed by atoms with Gasteiger partial charge in [0.15, 0.2) is 0 Å². The number of methoxy groups -OCH3 is 1. The van der Waals surface area contributed by atoms with Gasteiger partial charge < -0.3 is 19.4 Å². The van der Waals surface area contributed by atoms with Crippen molar-refractivity contribution in [2.75, 3.05) is 13.7 Å². The van der Waals surface area contributed by atoms with Crippen LogP contribution in [0, 0.1) is 11.8 Å². The van der Waals surface area contributed by atoms with Crippen LogP contribution in [0.5, 0.6) is 5.75 Å². The van der Waals surface area contributed by atoms with Crippen LogP contribution in [0.3, 0.4) is 0 Å². The lowest BCUT2D eigenvalue weighted by Gasteiger charge is -2.16. The topological polar surface area (TPSA) is 62.8 Å². The molecular formula is C19H20O4. The Morgan fingerprint density at radius 2 is 2.26 bits per heavy atom. The Balaban J connectivity index is 2.14. The van der Waals surface area contributed by atoms with Gasteiger partial charge >= 0.3 is 0 Å². The molecular weight excluding hydrogens is 292 g/mol. The molecule has 3 rings (SSSR count). The molecule has 1 aromatic heterocycles. The first-order valence-corrected chi connectivity index (χ1v) is 7.82. The van der Waals surface area contributed by atoms with Crippen LogP contribution in [0.4, 0.5) is 0 Å². The normalized spacial score (nSPS) is 16.4. The molecule has 0 radical (unpaired) electrons. The number of benzene rings is 1. The van der Waals surface area contributed by atoms with Gasteiger partial charge in [0.25, 0.3) is 0 Å². The summed E-state index contributed by atoms with van der Waals surface area (Å²) in [4.78, 5) is 0. The number of rotatable bonds is 3. The highest BCUT2D eigenvalue weighted by atomic mass is 16.5. The summed E-state index contributed by atoms with van der Waals surface area (Å²) in [6, 6.07) is 7.61. The Bertz CT molecular complexity index is 748. The van der Waals surface area contributed by atoms with Crippen molar-refractivity contribution >= 4 is 0 Å². The molecule has 0 spiro atoms. The van der Waals surface area contributed by atoms with E-state index in [1.165, 1.54) is 0 Å². The van der Waals surface area contributed by atoms with Crippen LogP contribution < -0.4 is 4.74 Å². The molecule has 1 atom stereocenters. The molecule has 2 aromatic rings. The minimum absolute atomic E-state index is 0.0179. The molecule has 0 saturated carbocycles. The van der Waals surface area contributed by atoms with Crippen LogP contribution in [-0.2, 0) is 6.42 Å². The predicted molar refractivity (Wildman–Crippen MR) is 87.2 cm³/mol. The highest BCUT2D eigenvalue weighted by Gasteiger charge is 2.28. The molecule has 0 aliphatic heterocycles. The van der Waals surface area contributed by atoms with Crippen molar-refractivity contribution in [3.63, 3.8) is 0 Å². The first kappa shape index (κ1) is 15.7. The second kappa shape index (κ2) is 6.91. The largest absolute Gasteiger partial charge is 0.497 e. The Morgan fingerprint density at radius 1 is 1.39 bits per heavy atom. The van der Waals surface area contributed by atoms with Gasteiger partial charge in [0.05, 0.1) is 25.4 Å². The van der Waals surface area contributed by atoms with Crippen molar-refractivity contribution in [2.45, 2.75) is 31.8 Å². The summed E-state index contributed by atoms with van der Waals surface area (Å²) < 4.78 is 11.3. The molecule has 4 heteroatoms. The maximum Gasteiger partial charge on any atom is 0.150 e. The van der Waals surface area contributed by atoms with Gasteiger partial charge in [-0.2, -0.15) is 0 Å². The Labute approximate surface area is 135 Å². The van der Waals surface area contributed by atoms with Gasteiger partial charge in [-0.3, -0.25) is 0 Å². The third kappa shape index (κ3) is 3.12. The van der Waals surface area contributed by atoms with E-state index in [1.54, 1.807) is 7.11 Å². The zero-order valence-electron chi connectivity index (χ0n) is 13.1. The van der Waals surface area contributed by atoms with Crippen molar-refractivity contribution in [2.24, 2.45) is 0 Å². The van der Waals surface area contributed by atoms with Gasteiger partial charge in [0.2, 0.25) is 0 Å². The average Bonchev–Trinajstić information content (AvgIpc) is 2.95. The number of furan rings is 1. The van der Waals surface area contributed by atoms with Crippen LogP contribution in [-0.4, -0.2) is 23.9 Å². The molecule has 4 nitrogen and oxygen atoms in total. The third-order valence-corrected chi connectivity index (χ3v) is 4.02. The standard InChI is InChI=1S/C19H20O4/c1-22-14-7-4-6-13(12-14)19-15(8-2-3-11-20)18-16(21)9-5-10-17(18)23-19/h4,6-7,12,16,20-21H,3,5,9-11H2,1H3.